The van der Waals surface area contributed by atoms with Gasteiger partial charge in [-0.05, 0) is 18.6 Å². The van der Waals surface area contributed by atoms with E-state index in [-0.39, 0.29) is 5.60 Å². The summed E-state index contributed by atoms with van der Waals surface area (Å²) >= 11 is 0. The number of hydrogen-bond acceptors (Lipinski definition) is 4. The minimum atomic E-state index is 0.0471. The van der Waals surface area contributed by atoms with Crippen molar-refractivity contribution in [3.63, 3.8) is 0 Å². The van der Waals surface area contributed by atoms with Crippen LogP contribution in [-0.2, 0) is 16.0 Å². The number of likely N-dealkylation sites (tertiary alicyclic amines) is 1. The van der Waals surface area contributed by atoms with Gasteiger partial charge in [0.25, 0.3) is 0 Å². The molecule has 4 heteroatoms. The van der Waals surface area contributed by atoms with E-state index < -0.39 is 0 Å². The quantitative estimate of drug-likeness (QED) is 0.801. The van der Waals surface area contributed by atoms with Crippen molar-refractivity contribution in [3.05, 3.63) is 24.2 Å². The van der Waals surface area contributed by atoms with E-state index in [1.54, 1.807) is 13.4 Å². The number of ether oxygens (including phenoxy) is 2. The molecule has 0 aliphatic carbocycles. The first kappa shape index (κ1) is 11.3. The van der Waals surface area contributed by atoms with Crippen LogP contribution < -0.4 is 0 Å². The summed E-state index contributed by atoms with van der Waals surface area (Å²) in [4.78, 5) is 2.36. The van der Waals surface area contributed by atoms with E-state index in [4.69, 9.17) is 13.9 Å². The number of rotatable bonds is 3. The van der Waals surface area contributed by atoms with Crippen molar-refractivity contribution in [2.24, 2.45) is 0 Å². The summed E-state index contributed by atoms with van der Waals surface area (Å²) in [6, 6.07) is 3.95. The molecule has 2 fully saturated rings. The highest BCUT2D eigenvalue weighted by Crippen LogP contribution is 2.35. The summed E-state index contributed by atoms with van der Waals surface area (Å²) in [5, 5.41) is 0. The molecule has 1 spiro atoms. The zero-order valence-corrected chi connectivity index (χ0v) is 10.2. The van der Waals surface area contributed by atoms with Gasteiger partial charge < -0.3 is 13.9 Å². The zero-order valence-electron chi connectivity index (χ0n) is 10.2. The van der Waals surface area contributed by atoms with Gasteiger partial charge in [0.05, 0.1) is 24.5 Å². The molecule has 2 saturated heterocycles. The molecular weight excluding hydrogens is 218 g/mol. The first-order valence-corrected chi connectivity index (χ1v) is 6.21. The fourth-order valence-electron chi connectivity index (χ4n) is 2.91. The number of furan rings is 1. The molecule has 0 bridgehead atoms. The second-order valence-electron chi connectivity index (χ2n) is 5.11. The third kappa shape index (κ3) is 2.25. The van der Waals surface area contributed by atoms with Crippen molar-refractivity contribution in [2.75, 3.05) is 26.8 Å². The molecule has 1 atom stereocenters. The van der Waals surface area contributed by atoms with Crippen LogP contribution in [0.15, 0.2) is 22.8 Å². The van der Waals surface area contributed by atoms with Crippen LogP contribution in [0, 0.1) is 0 Å². The molecule has 0 aromatic carbocycles. The third-order valence-corrected chi connectivity index (χ3v) is 3.76. The molecule has 1 aromatic rings. The smallest absolute Gasteiger partial charge is 0.117 e. The summed E-state index contributed by atoms with van der Waals surface area (Å²) in [5.74, 6) is 1.03. The second kappa shape index (κ2) is 4.44. The van der Waals surface area contributed by atoms with E-state index in [9.17, 15) is 0 Å². The van der Waals surface area contributed by atoms with E-state index in [0.717, 1.165) is 44.8 Å². The molecule has 0 N–H and O–H groups in total. The van der Waals surface area contributed by atoms with Crippen LogP contribution in [0.5, 0.6) is 0 Å². The zero-order chi connectivity index (χ0) is 11.7. The van der Waals surface area contributed by atoms with E-state index >= 15 is 0 Å². The van der Waals surface area contributed by atoms with Crippen LogP contribution in [0.2, 0.25) is 0 Å². The van der Waals surface area contributed by atoms with Crippen molar-refractivity contribution in [1.82, 2.24) is 4.90 Å². The largest absolute Gasteiger partial charge is 0.468 e. The monoisotopic (exact) mass is 237 g/mol. The maximum Gasteiger partial charge on any atom is 0.117 e. The lowest BCUT2D eigenvalue weighted by atomic mass is 9.84. The van der Waals surface area contributed by atoms with Gasteiger partial charge in [0.1, 0.15) is 5.76 Å². The molecule has 1 aromatic heterocycles. The molecule has 0 radical (unpaired) electrons. The van der Waals surface area contributed by atoms with Gasteiger partial charge in [0, 0.05) is 33.2 Å². The van der Waals surface area contributed by atoms with Crippen molar-refractivity contribution < 1.29 is 13.9 Å². The normalized spacial score (nSPS) is 28.2. The Morgan fingerprint density at radius 2 is 2.41 bits per heavy atom. The van der Waals surface area contributed by atoms with Gasteiger partial charge in [0.2, 0.25) is 0 Å². The summed E-state index contributed by atoms with van der Waals surface area (Å²) in [6.45, 7) is 3.70. The molecule has 2 aliphatic heterocycles. The maximum atomic E-state index is 5.93. The summed E-state index contributed by atoms with van der Waals surface area (Å²) in [6.07, 6.45) is 4.15. The Balaban J connectivity index is 1.53. The van der Waals surface area contributed by atoms with Crippen LogP contribution in [0.3, 0.4) is 0 Å². The SMILES string of the molecule is CO[C@@H]1CCOC2(C1)CN(Cc1ccco1)C2. The molecule has 0 amide bonds. The van der Waals surface area contributed by atoms with Gasteiger partial charge in [-0.1, -0.05) is 0 Å². The first-order valence-electron chi connectivity index (χ1n) is 6.21. The lowest BCUT2D eigenvalue weighted by Crippen LogP contribution is -2.65. The molecule has 3 rings (SSSR count). The minimum Gasteiger partial charge on any atom is -0.468 e. The van der Waals surface area contributed by atoms with Crippen molar-refractivity contribution in [3.8, 4) is 0 Å². The Morgan fingerprint density at radius 1 is 1.53 bits per heavy atom. The predicted molar refractivity (Wildman–Crippen MR) is 62.7 cm³/mol. The van der Waals surface area contributed by atoms with Gasteiger partial charge in [-0.2, -0.15) is 0 Å². The number of methoxy groups -OCH3 is 1. The standard InChI is InChI=1S/C13H19NO3/c1-15-11-4-6-17-13(7-11)9-14(10-13)8-12-3-2-5-16-12/h2-3,5,11H,4,6-10H2,1H3/t11-/m1/s1. The second-order valence-corrected chi connectivity index (χ2v) is 5.11. The Bertz CT molecular complexity index is 357. The van der Waals surface area contributed by atoms with Crippen LogP contribution in [0.25, 0.3) is 0 Å². The van der Waals surface area contributed by atoms with Gasteiger partial charge in [-0.25, -0.2) is 0 Å². The molecule has 3 heterocycles. The average molecular weight is 237 g/mol. The fourth-order valence-corrected chi connectivity index (χ4v) is 2.91. The van der Waals surface area contributed by atoms with Gasteiger partial charge in [-0.3, -0.25) is 4.90 Å². The average Bonchev–Trinajstić information content (AvgIpc) is 2.80. The van der Waals surface area contributed by atoms with Gasteiger partial charge in [-0.15, -0.1) is 0 Å². The van der Waals surface area contributed by atoms with Crippen LogP contribution in [-0.4, -0.2) is 43.4 Å². The van der Waals surface area contributed by atoms with Crippen LogP contribution >= 0.6 is 0 Å². The van der Waals surface area contributed by atoms with Crippen LogP contribution in [0.4, 0.5) is 0 Å². The Hall–Kier alpha value is -0.840. The Labute approximate surface area is 101 Å². The van der Waals surface area contributed by atoms with Crippen molar-refractivity contribution in [1.29, 1.82) is 0 Å². The molecule has 4 nitrogen and oxygen atoms in total. The summed E-state index contributed by atoms with van der Waals surface area (Å²) < 4.78 is 16.7. The Kier molecular flexibility index (Phi) is 2.94. The van der Waals surface area contributed by atoms with Gasteiger partial charge in [0.15, 0.2) is 0 Å². The summed E-state index contributed by atoms with van der Waals surface area (Å²) in [5.41, 5.74) is 0.0471. The van der Waals surface area contributed by atoms with E-state index in [1.165, 1.54) is 0 Å². The number of hydrogen-bond donors (Lipinski definition) is 0. The first-order chi connectivity index (χ1) is 8.30. The lowest BCUT2D eigenvalue weighted by Gasteiger charge is -2.52. The molecule has 0 unspecified atom stereocenters. The van der Waals surface area contributed by atoms with Gasteiger partial charge >= 0.3 is 0 Å². The minimum absolute atomic E-state index is 0.0471. The Morgan fingerprint density at radius 3 is 3.12 bits per heavy atom. The third-order valence-electron chi connectivity index (χ3n) is 3.76. The fraction of sp³-hybridized carbons (Fsp3) is 0.692. The molecule has 0 saturated carbocycles. The van der Waals surface area contributed by atoms with E-state index in [1.807, 2.05) is 12.1 Å². The highest BCUT2D eigenvalue weighted by atomic mass is 16.5. The topological polar surface area (TPSA) is 34.8 Å². The van der Waals surface area contributed by atoms with Crippen LogP contribution in [0.1, 0.15) is 18.6 Å². The van der Waals surface area contributed by atoms with Crippen molar-refractivity contribution in [2.45, 2.75) is 31.1 Å². The predicted octanol–water partition coefficient (Wildman–Crippen LogP) is 1.66. The number of nitrogens with zero attached hydrogens (tertiary/aromatic N) is 1. The molecular formula is C13H19NO3. The molecule has 17 heavy (non-hydrogen) atoms. The molecule has 2 aliphatic rings. The lowest BCUT2D eigenvalue weighted by molar-refractivity contribution is -0.196. The highest BCUT2D eigenvalue weighted by Gasteiger charge is 2.47. The molecule has 94 valence electrons. The van der Waals surface area contributed by atoms with E-state index in [2.05, 4.69) is 4.90 Å². The van der Waals surface area contributed by atoms with Crippen molar-refractivity contribution >= 4 is 0 Å². The van der Waals surface area contributed by atoms with E-state index in [0.29, 0.717) is 6.10 Å². The maximum absolute atomic E-state index is 5.93. The highest BCUT2D eigenvalue weighted by molar-refractivity contribution is 5.05. The summed E-state index contributed by atoms with van der Waals surface area (Å²) in [7, 11) is 1.79.